The average molecular weight is 347 g/mol. The van der Waals surface area contributed by atoms with E-state index in [2.05, 4.69) is 15.3 Å². The van der Waals surface area contributed by atoms with Crippen molar-refractivity contribution in [1.82, 2.24) is 14.9 Å². The lowest BCUT2D eigenvalue weighted by Gasteiger charge is -2.27. The van der Waals surface area contributed by atoms with Gasteiger partial charge < -0.3 is 20.4 Å². The number of halogens is 1. The Morgan fingerprint density at radius 1 is 1.55 bits per heavy atom. The van der Waals surface area contributed by atoms with Crippen molar-refractivity contribution >= 4 is 35.3 Å². The van der Waals surface area contributed by atoms with Gasteiger partial charge in [-0.2, -0.15) is 0 Å². The first kappa shape index (κ1) is 17.1. The fourth-order valence-electron chi connectivity index (χ4n) is 2.48. The summed E-state index contributed by atoms with van der Waals surface area (Å²) in [6, 6.07) is 0. The standard InChI is InChI=1S/C13H19ClN4O3S/c1-13(4-5-18(7-13)12(20)21)17-10-8(3-6-19)9(14)15-11(16-10)22-2/h19H,3-7H2,1-2H3,(H,20,21)(H,15,16,17)/t13-/m0/s1. The van der Waals surface area contributed by atoms with Gasteiger partial charge in [0.05, 0.1) is 5.54 Å². The zero-order valence-corrected chi connectivity index (χ0v) is 14.0. The van der Waals surface area contributed by atoms with E-state index in [4.69, 9.17) is 16.7 Å². The quantitative estimate of drug-likeness (QED) is 0.425. The minimum Gasteiger partial charge on any atom is -0.465 e. The van der Waals surface area contributed by atoms with Crippen molar-refractivity contribution < 1.29 is 15.0 Å². The number of aliphatic hydroxyl groups excluding tert-OH is 1. The third-order valence-electron chi connectivity index (χ3n) is 3.64. The van der Waals surface area contributed by atoms with Gasteiger partial charge in [-0.3, -0.25) is 0 Å². The first-order valence-corrected chi connectivity index (χ1v) is 8.46. The van der Waals surface area contributed by atoms with Crippen molar-refractivity contribution in [3.63, 3.8) is 0 Å². The minimum absolute atomic E-state index is 0.0612. The number of thioether (sulfide) groups is 1. The van der Waals surface area contributed by atoms with E-state index in [0.717, 1.165) is 0 Å². The number of likely N-dealkylation sites (tertiary alicyclic amines) is 1. The van der Waals surface area contributed by atoms with E-state index < -0.39 is 11.6 Å². The maximum absolute atomic E-state index is 11.1. The maximum atomic E-state index is 11.1. The van der Waals surface area contributed by atoms with Crippen molar-refractivity contribution in [1.29, 1.82) is 0 Å². The molecule has 1 aromatic heterocycles. The second kappa shape index (κ2) is 6.89. The Balaban J connectivity index is 2.28. The summed E-state index contributed by atoms with van der Waals surface area (Å²) in [5, 5.41) is 22.4. The Labute approximate surface area is 138 Å². The van der Waals surface area contributed by atoms with Crippen molar-refractivity contribution in [3.05, 3.63) is 10.7 Å². The predicted octanol–water partition coefficient (Wildman–Crippen LogP) is 1.94. The molecule has 9 heteroatoms. The molecule has 1 amide bonds. The Morgan fingerprint density at radius 2 is 2.27 bits per heavy atom. The molecule has 0 bridgehead atoms. The molecule has 1 aliphatic rings. The molecule has 0 aliphatic carbocycles. The highest BCUT2D eigenvalue weighted by molar-refractivity contribution is 7.98. The smallest absolute Gasteiger partial charge is 0.407 e. The molecule has 0 aromatic carbocycles. The number of rotatable bonds is 5. The number of carboxylic acid groups (broad SMARTS) is 1. The molecule has 0 spiro atoms. The normalized spacial score (nSPS) is 21.2. The number of hydrogen-bond acceptors (Lipinski definition) is 6. The summed E-state index contributed by atoms with van der Waals surface area (Å²) in [4.78, 5) is 21.1. The van der Waals surface area contributed by atoms with Crippen molar-refractivity contribution in [2.24, 2.45) is 0 Å². The number of aromatic nitrogens is 2. The van der Waals surface area contributed by atoms with Gasteiger partial charge in [0.15, 0.2) is 5.16 Å². The molecular formula is C13H19ClN4O3S. The van der Waals surface area contributed by atoms with Crippen LogP contribution < -0.4 is 5.32 Å². The Kier molecular flexibility index (Phi) is 5.36. The van der Waals surface area contributed by atoms with E-state index in [0.29, 0.717) is 47.6 Å². The molecule has 1 saturated heterocycles. The molecule has 0 unspecified atom stereocenters. The molecule has 122 valence electrons. The number of nitrogens with zero attached hydrogens (tertiary/aromatic N) is 3. The van der Waals surface area contributed by atoms with Crippen LogP contribution in [0.25, 0.3) is 0 Å². The lowest BCUT2D eigenvalue weighted by molar-refractivity contribution is 0.154. The lowest BCUT2D eigenvalue weighted by atomic mass is 10.0. The third kappa shape index (κ3) is 3.74. The van der Waals surface area contributed by atoms with Gasteiger partial charge in [-0.25, -0.2) is 14.8 Å². The van der Waals surface area contributed by atoms with Gasteiger partial charge in [0.25, 0.3) is 0 Å². The molecule has 1 fully saturated rings. The van der Waals surface area contributed by atoms with Gasteiger partial charge in [-0.15, -0.1) is 0 Å². The van der Waals surface area contributed by atoms with Crippen LogP contribution in [0.15, 0.2) is 5.16 Å². The van der Waals surface area contributed by atoms with Crippen LogP contribution in [0.1, 0.15) is 18.9 Å². The van der Waals surface area contributed by atoms with E-state index in [1.807, 2.05) is 13.2 Å². The molecular weight excluding hydrogens is 328 g/mol. The highest BCUT2D eigenvalue weighted by atomic mass is 35.5. The van der Waals surface area contributed by atoms with E-state index in [1.54, 1.807) is 0 Å². The number of amides is 1. The molecule has 1 atom stereocenters. The van der Waals surface area contributed by atoms with E-state index in [1.165, 1.54) is 16.7 Å². The Morgan fingerprint density at radius 3 is 2.82 bits per heavy atom. The fraction of sp³-hybridized carbons (Fsp3) is 0.615. The SMILES string of the molecule is CSc1nc(Cl)c(CCO)c(N[C@@]2(C)CCN(C(=O)O)C2)n1. The van der Waals surface area contributed by atoms with Crippen LogP contribution >= 0.6 is 23.4 Å². The van der Waals surface area contributed by atoms with Crippen molar-refractivity contribution in [3.8, 4) is 0 Å². The number of carbonyl (C=O) groups is 1. The van der Waals surface area contributed by atoms with Crippen LogP contribution in [0.5, 0.6) is 0 Å². The molecule has 1 aliphatic heterocycles. The van der Waals surface area contributed by atoms with Gasteiger partial charge in [-0.05, 0) is 19.6 Å². The number of anilines is 1. The summed E-state index contributed by atoms with van der Waals surface area (Å²) in [7, 11) is 0. The maximum Gasteiger partial charge on any atom is 0.407 e. The van der Waals surface area contributed by atoms with E-state index in [-0.39, 0.29) is 6.61 Å². The Hall–Kier alpha value is -1.25. The molecule has 2 heterocycles. The number of hydrogen-bond donors (Lipinski definition) is 3. The summed E-state index contributed by atoms with van der Waals surface area (Å²) >= 11 is 7.55. The highest BCUT2D eigenvalue weighted by Crippen LogP contribution is 2.30. The van der Waals surface area contributed by atoms with E-state index >= 15 is 0 Å². The first-order valence-electron chi connectivity index (χ1n) is 6.86. The second-order valence-electron chi connectivity index (χ2n) is 5.44. The summed E-state index contributed by atoms with van der Waals surface area (Å²) in [5.74, 6) is 0.563. The van der Waals surface area contributed by atoms with Crippen LogP contribution in [0.4, 0.5) is 10.6 Å². The van der Waals surface area contributed by atoms with Gasteiger partial charge in [0, 0.05) is 31.7 Å². The predicted molar refractivity (Wildman–Crippen MR) is 85.9 cm³/mol. The highest BCUT2D eigenvalue weighted by Gasteiger charge is 2.37. The molecule has 2 rings (SSSR count). The Bertz CT molecular complexity index is 574. The summed E-state index contributed by atoms with van der Waals surface area (Å²) in [6.45, 7) is 2.74. The first-order chi connectivity index (χ1) is 10.4. The van der Waals surface area contributed by atoms with Gasteiger partial charge in [0.2, 0.25) is 0 Å². The van der Waals surface area contributed by atoms with Crippen LogP contribution in [0.3, 0.4) is 0 Å². The second-order valence-corrected chi connectivity index (χ2v) is 6.57. The van der Waals surface area contributed by atoms with Crippen LogP contribution in [0.2, 0.25) is 5.15 Å². The topological polar surface area (TPSA) is 98.6 Å². The molecule has 1 aromatic rings. The molecule has 0 radical (unpaired) electrons. The number of aliphatic hydroxyl groups is 1. The monoisotopic (exact) mass is 346 g/mol. The number of nitrogens with one attached hydrogen (secondary N) is 1. The van der Waals surface area contributed by atoms with Crippen molar-refractivity contribution in [2.75, 3.05) is 31.3 Å². The molecule has 7 nitrogen and oxygen atoms in total. The zero-order valence-electron chi connectivity index (χ0n) is 12.5. The summed E-state index contributed by atoms with van der Waals surface area (Å²) in [6.07, 6.45) is 1.94. The largest absolute Gasteiger partial charge is 0.465 e. The fourth-order valence-corrected chi connectivity index (χ4v) is 3.16. The third-order valence-corrected chi connectivity index (χ3v) is 4.50. The zero-order chi connectivity index (χ0) is 16.3. The molecule has 0 saturated carbocycles. The van der Waals surface area contributed by atoms with E-state index in [9.17, 15) is 9.90 Å². The lowest BCUT2D eigenvalue weighted by Crippen LogP contribution is -2.40. The van der Waals surface area contributed by atoms with Crippen molar-refractivity contribution in [2.45, 2.75) is 30.5 Å². The average Bonchev–Trinajstić information content (AvgIpc) is 2.85. The molecule has 3 N–H and O–H groups in total. The van der Waals surface area contributed by atoms with Crippen LogP contribution in [-0.4, -0.2) is 62.7 Å². The summed E-state index contributed by atoms with van der Waals surface area (Å²) in [5.41, 5.74) is 0.229. The minimum atomic E-state index is -0.924. The molecule has 22 heavy (non-hydrogen) atoms. The summed E-state index contributed by atoms with van der Waals surface area (Å²) < 4.78 is 0. The van der Waals surface area contributed by atoms with Crippen LogP contribution in [0, 0.1) is 0 Å². The van der Waals surface area contributed by atoms with Gasteiger partial charge >= 0.3 is 6.09 Å². The van der Waals surface area contributed by atoms with Crippen LogP contribution in [-0.2, 0) is 6.42 Å². The van der Waals surface area contributed by atoms with Gasteiger partial charge in [-0.1, -0.05) is 23.4 Å². The van der Waals surface area contributed by atoms with Gasteiger partial charge in [0.1, 0.15) is 11.0 Å².